The number of halogens is 1. The predicted octanol–water partition coefficient (Wildman–Crippen LogP) is 4.79. The highest BCUT2D eigenvalue weighted by atomic mass is 32.1. The Morgan fingerprint density at radius 1 is 1.06 bits per heavy atom. The van der Waals surface area contributed by atoms with Gasteiger partial charge >= 0.3 is 0 Å². The van der Waals surface area contributed by atoms with Gasteiger partial charge in [0, 0.05) is 43.2 Å². The smallest absolute Gasteiger partial charge is 0.275 e. The monoisotopic (exact) mass is 505 g/mol. The van der Waals surface area contributed by atoms with E-state index in [1.165, 1.54) is 23.5 Å². The van der Waals surface area contributed by atoms with Gasteiger partial charge in [-0.25, -0.2) is 19.3 Å². The molecular formula is C26H28FN7OS. The van der Waals surface area contributed by atoms with E-state index in [1.807, 2.05) is 16.7 Å². The van der Waals surface area contributed by atoms with Crippen LogP contribution in [-0.4, -0.2) is 63.6 Å². The van der Waals surface area contributed by atoms with Crippen molar-refractivity contribution >= 4 is 28.7 Å². The van der Waals surface area contributed by atoms with Gasteiger partial charge in [0.25, 0.3) is 5.91 Å². The second kappa shape index (κ2) is 10.2. The molecule has 0 saturated carbocycles. The average molecular weight is 506 g/mol. The molecule has 8 nitrogen and oxygen atoms in total. The second-order valence-electron chi connectivity index (χ2n) is 9.14. The fourth-order valence-electron chi connectivity index (χ4n) is 4.15. The van der Waals surface area contributed by atoms with Crippen molar-refractivity contribution in [3.63, 3.8) is 0 Å². The Morgan fingerprint density at radius 2 is 1.81 bits per heavy atom. The highest BCUT2D eigenvalue weighted by molar-refractivity contribution is 7.13. The number of anilines is 2. The van der Waals surface area contributed by atoms with Gasteiger partial charge < -0.3 is 19.7 Å². The molecule has 1 N–H and O–H groups in total. The number of piperazine rings is 1. The van der Waals surface area contributed by atoms with E-state index in [1.54, 1.807) is 30.0 Å². The van der Waals surface area contributed by atoms with Crippen molar-refractivity contribution in [3.05, 3.63) is 65.8 Å². The Bertz CT molecular complexity index is 1340. The molecule has 1 aromatic carbocycles. The van der Waals surface area contributed by atoms with Gasteiger partial charge in [-0.2, -0.15) is 0 Å². The Labute approximate surface area is 213 Å². The number of carbonyl (C=O) groups is 1. The Kier molecular flexibility index (Phi) is 6.80. The molecule has 3 aromatic heterocycles. The van der Waals surface area contributed by atoms with Crippen LogP contribution >= 0.6 is 11.3 Å². The van der Waals surface area contributed by atoms with Crippen LogP contribution in [0.25, 0.3) is 22.0 Å². The largest absolute Gasteiger partial charge is 0.354 e. The molecule has 1 saturated heterocycles. The highest BCUT2D eigenvalue weighted by Crippen LogP contribution is 2.35. The zero-order valence-corrected chi connectivity index (χ0v) is 21.3. The molecule has 1 aliphatic heterocycles. The lowest BCUT2D eigenvalue weighted by Crippen LogP contribution is -2.44. The van der Waals surface area contributed by atoms with E-state index >= 15 is 0 Å². The van der Waals surface area contributed by atoms with Gasteiger partial charge in [-0.3, -0.25) is 4.79 Å². The van der Waals surface area contributed by atoms with E-state index in [-0.39, 0.29) is 17.8 Å². The molecule has 4 aromatic rings. The van der Waals surface area contributed by atoms with Crippen LogP contribution < -0.4 is 10.2 Å². The molecule has 10 heteroatoms. The molecule has 1 amide bonds. The van der Waals surface area contributed by atoms with Gasteiger partial charge in [-0.1, -0.05) is 0 Å². The molecule has 4 heterocycles. The second-order valence-corrected chi connectivity index (χ2v) is 10.00. The molecule has 1 fully saturated rings. The van der Waals surface area contributed by atoms with Crippen LogP contribution in [0.15, 0.2) is 54.3 Å². The number of carbonyl (C=O) groups excluding carboxylic acids is 1. The van der Waals surface area contributed by atoms with E-state index < -0.39 is 0 Å². The number of hydrogen-bond acceptors (Lipinski definition) is 7. The fraction of sp³-hybridized carbons (Fsp3) is 0.308. The number of thiazole rings is 1. The fourth-order valence-corrected chi connectivity index (χ4v) is 5.00. The van der Waals surface area contributed by atoms with Crippen molar-refractivity contribution in [2.75, 3.05) is 43.4 Å². The van der Waals surface area contributed by atoms with Crippen LogP contribution in [0, 0.1) is 5.82 Å². The summed E-state index contributed by atoms with van der Waals surface area (Å²) < 4.78 is 15.5. The summed E-state index contributed by atoms with van der Waals surface area (Å²) >= 11 is 1.38. The lowest BCUT2D eigenvalue weighted by Gasteiger charge is -2.33. The molecule has 0 spiro atoms. The quantitative estimate of drug-likeness (QED) is 0.406. The molecule has 0 aliphatic carbocycles. The van der Waals surface area contributed by atoms with Crippen LogP contribution in [0.5, 0.6) is 0 Å². The van der Waals surface area contributed by atoms with Crippen LogP contribution in [0.3, 0.4) is 0 Å². The van der Waals surface area contributed by atoms with Gasteiger partial charge in [-0.15, -0.1) is 11.3 Å². The number of benzene rings is 1. The summed E-state index contributed by atoms with van der Waals surface area (Å²) in [7, 11) is 2.12. The van der Waals surface area contributed by atoms with Crippen molar-refractivity contribution in [1.82, 2.24) is 24.4 Å². The predicted molar refractivity (Wildman–Crippen MR) is 141 cm³/mol. The summed E-state index contributed by atoms with van der Waals surface area (Å²) in [5.41, 5.74) is 3.23. The van der Waals surface area contributed by atoms with Crippen molar-refractivity contribution in [1.29, 1.82) is 0 Å². The molecule has 5 rings (SSSR count). The molecule has 0 atom stereocenters. The highest BCUT2D eigenvalue weighted by Gasteiger charge is 2.22. The van der Waals surface area contributed by atoms with E-state index in [9.17, 15) is 9.18 Å². The number of imidazole rings is 1. The Balaban J connectivity index is 1.34. The Morgan fingerprint density at radius 3 is 2.47 bits per heavy atom. The summed E-state index contributed by atoms with van der Waals surface area (Å²) in [5, 5.41) is 5.31. The maximum Gasteiger partial charge on any atom is 0.275 e. The van der Waals surface area contributed by atoms with Crippen molar-refractivity contribution in [3.8, 4) is 22.0 Å². The van der Waals surface area contributed by atoms with Crippen molar-refractivity contribution in [2.24, 2.45) is 0 Å². The molecule has 1 aliphatic rings. The van der Waals surface area contributed by atoms with Gasteiger partial charge in [-0.05, 0) is 57.3 Å². The molecule has 0 radical (unpaired) electrons. The van der Waals surface area contributed by atoms with Gasteiger partial charge in [0.1, 0.15) is 28.0 Å². The van der Waals surface area contributed by atoms with Gasteiger partial charge in [0.05, 0.1) is 23.9 Å². The number of rotatable bonds is 6. The molecule has 186 valence electrons. The number of amides is 1. The summed E-state index contributed by atoms with van der Waals surface area (Å²) in [6.45, 7) is 7.99. The maximum atomic E-state index is 13.5. The maximum absolute atomic E-state index is 13.5. The van der Waals surface area contributed by atoms with E-state index in [2.05, 4.69) is 51.0 Å². The molecule has 0 bridgehead atoms. The Hall–Kier alpha value is -3.63. The van der Waals surface area contributed by atoms with E-state index in [4.69, 9.17) is 0 Å². The first kappa shape index (κ1) is 24.1. The summed E-state index contributed by atoms with van der Waals surface area (Å²) in [5.74, 6) is 0.306. The third-order valence-electron chi connectivity index (χ3n) is 6.24. The third kappa shape index (κ3) is 5.00. The number of nitrogens with zero attached hydrogens (tertiary/aromatic N) is 6. The zero-order valence-electron chi connectivity index (χ0n) is 20.5. The number of likely N-dealkylation sites (N-methyl/N-ethyl adjacent to an activating group) is 1. The molecular weight excluding hydrogens is 477 g/mol. The standard InChI is InChI=1S/C26H28FN7OS/c1-17(2)34-16-29-23(18-4-6-19(27)7-5-18)24(34)26-31-21(15-36-26)25(35)30-20-8-9-22(28-14-20)33-12-10-32(3)11-13-33/h4-9,14-17H,10-13H2,1-3H3,(H,30,35). The minimum atomic E-state index is -0.303. The third-order valence-corrected chi connectivity index (χ3v) is 7.09. The summed E-state index contributed by atoms with van der Waals surface area (Å²) in [4.78, 5) is 31.2. The molecule has 0 unspecified atom stereocenters. The summed E-state index contributed by atoms with van der Waals surface area (Å²) in [6, 6.07) is 10.2. The van der Waals surface area contributed by atoms with E-state index in [0.717, 1.165) is 43.3 Å². The number of nitrogens with one attached hydrogen (secondary N) is 1. The normalized spacial score (nSPS) is 14.4. The minimum Gasteiger partial charge on any atom is -0.354 e. The SMILES string of the molecule is CC(C)n1cnc(-c2ccc(F)cc2)c1-c1nc(C(=O)Nc2ccc(N3CCN(C)CC3)nc2)cs1. The molecule has 36 heavy (non-hydrogen) atoms. The van der Waals surface area contributed by atoms with E-state index in [0.29, 0.717) is 22.1 Å². The number of hydrogen-bond donors (Lipinski definition) is 1. The minimum absolute atomic E-state index is 0.132. The number of pyridine rings is 1. The number of aromatic nitrogens is 4. The first-order valence-electron chi connectivity index (χ1n) is 11.9. The van der Waals surface area contributed by atoms with Crippen molar-refractivity contribution in [2.45, 2.75) is 19.9 Å². The van der Waals surface area contributed by atoms with Crippen LogP contribution in [0.4, 0.5) is 15.9 Å². The van der Waals surface area contributed by atoms with Gasteiger partial charge in [0.15, 0.2) is 0 Å². The topological polar surface area (TPSA) is 79.2 Å². The first-order valence-corrected chi connectivity index (χ1v) is 12.8. The van der Waals surface area contributed by atoms with Crippen LogP contribution in [0.2, 0.25) is 0 Å². The van der Waals surface area contributed by atoms with Crippen LogP contribution in [-0.2, 0) is 0 Å². The lowest BCUT2D eigenvalue weighted by molar-refractivity contribution is 0.102. The lowest BCUT2D eigenvalue weighted by atomic mass is 10.1. The first-order chi connectivity index (χ1) is 17.4. The summed E-state index contributed by atoms with van der Waals surface area (Å²) in [6.07, 6.45) is 3.44. The van der Waals surface area contributed by atoms with Crippen molar-refractivity contribution < 1.29 is 9.18 Å². The average Bonchev–Trinajstić information content (AvgIpc) is 3.53. The van der Waals surface area contributed by atoms with Crippen LogP contribution in [0.1, 0.15) is 30.4 Å². The zero-order chi connectivity index (χ0) is 25.2. The van der Waals surface area contributed by atoms with Gasteiger partial charge in [0.2, 0.25) is 0 Å².